The number of amides is 1. The van der Waals surface area contributed by atoms with E-state index in [1.54, 1.807) is 106 Å². The lowest BCUT2D eigenvalue weighted by atomic mass is 9.92. The van der Waals surface area contributed by atoms with Gasteiger partial charge in [-0.3, -0.25) is 53.2 Å². The van der Waals surface area contributed by atoms with E-state index in [9.17, 15) is 14.7 Å². The number of likely N-dealkylation sites (tertiary alicyclic amines) is 4. The Morgan fingerprint density at radius 3 is 1.01 bits per heavy atom. The van der Waals surface area contributed by atoms with Crippen molar-refractivity contribution in [1.82, 2.24) is 98.6 Å². The summed E-state index contributed by atoms with van der Waals surface area (Å²) in [6.45, 7) is 15.6. The fraction of sp³-hybridized carbons (Fsp3) is 0.364. The monoisotopic (exact) mass is 1950 g/mol. The number of hydrogen-bond donors (Lipinski definition) is 1. The smallest absolute Gasteiger partial charge is 0.222 e. The SMILES string of the molecule is CCCC1CCN(CCN(c2cc(OC)cc(OC)c2)c2ccc3ncc(-c4cnn(C)c4)nc3c2)CC1.COc1cc(CO)cc(N(CCCN2CCCC2)c2ccc3ncc(-c4cnn(C)c4)nc3c2)c1.COc1cc(OC)cc(N(CCN2CCCC(=O)C2)c2ccc3ncc(-c4cnn(C)c4)nc3c2)c1.COc1cc(OC)cc(N(CCN2CCCC2=O)c2ccc3ncc(-c4cnn(C)c4)nc3c2)c1. The molecule has 8 aromatic carbocycles. The van der Waals surface area contributed by atoms with Crippen LogP contribution in [0.3, 0.4) is 0 Å². The fourth-order valence-electron chi connectivity index (χ4n) is 19.0. The maximum Gasteiger partial charge on any atom is 0.222 e. The number of anilines is 8. The van der Waals surface area contributed by atoms with E-state index in [2.05, 4.69) is 124 Å². The van der Waals surface area contributed by atoms with Gasteiger partial charge in [-0.15, -0.1) is 0 Å². The summed E-state index contributed by atoms with van der Waals surface area (Å²) in [5, 5.41) is 26.9. The molecule has 8 aromatic heterocycles. The fourth-order valence-corrected chi connectivity index (χ4v) is 19.0. The predicted molar refractivity (Wildman–Crippen MR) is 563 cm³/mol. The molecule has 0 saturated carbocycles. The van der Waals surface area contributed by atoms with Gasteiger partial charge in [-0.1, -0.05) is 19.8 Å². The maximum atomic E-state index is 12.3. The summed E-state index contributed by atoms with van der Waals surface area (Å²) in [6.07, 6.45) is 34.0. The Kier molecular flexibility index (Phi) is 33.1. The van der Waals surface area contributed by atoms with E-state index >= 15 is 0 Å². The first-order chi connectivity index (χ1) is 70.2. The van der Waals surface area contributed by atoms with Crippen molar-refractivity contribution in [2.45, 2.75) is 84.2 Å². The molecule has 34 heteroatoms. The van der Waals surface area contributed by atoms with Gasteiger partial charge in [-0.25, -0.2) is 19.9 Å². The number of fused-ring (bicyclic) bond motifs is 4. The number of aryl methyl sites for hydroxylation is 4. The van der Waals surface area contributed by atoms with Gasteiger partial charge in [0.05, 0.1) is 179 Å². The van der Waals surface area contributed by atoms with Crippen LogP contribution in [0.4, 0.5) is 45.5 Å². The third-order valence-electron chi connectivity index (χ3n) is 26.8. The Balaban J connectivity index is 0.000000132. The topological polar surface area (TPSA) is 319 Å². The molecule has 0 spiro atoms. The van der Waals surface area contributed by atoms with Crippen LogP contribution in [0.5, 0.6) is 40.2 Å². The average molecular weight is 1950 g/mol. The molecule has 34 nitrogen and oxygen atoms in total. The molecule has 16 aromatic rings. The number of carbonyl (C=O) groups excluding carboxylic acids is 2. The number of nitrogens with zero attached hydrogens (tertiary/aromatic N) is 24. The molecule has 0 unspecified atom stereocenters. The van der Waals surface area contributed by atoms with Crippen molar-refractivity contribution in [3.05, 3.63) is 226 Å². The molecule has 12 heterocycles. The van der Waals surface area contributed by atoms with Crippen molar-refractivity contribution in [3.8, 4) is 85.3 Å². The third kappa shape index (κ3) is 25.2. The van der Waals surface area contributed by atoms with Crippen LogP contribution < -0.4 is 52.8 Å². The quantitative estimate of drug-likeness (QED) is 0.0386. The van der Waals surface area contributed by atoms with Crippen molar-refractivity contribution in [1.29, 1.82) is 0 Å². The molecule has 0 aliphatic carbocycles. The van der Waals surface area contributed by atoms with Gasteiger partial charge in [0.2, 0.25) is 5.91 Å². The van der Waals surface area contributed by atoms with Crippen LogP contribution in [0, 0.1) is 5.92 Å². The highest BCUT2D eigenvalue weighted by Crippen LogP contribution is 2.41. The molecule has 4 saturated heterocycles. The number of carbonyl (C=O) groups is 2. The summed E-state index contributed by atoms with van der Waals surface area (Å²) < 4.78 is 45.9. The van der Waals surface area contributed by atoms with Crippen LogP contribution in [-0.4, -0.2) is 263 Å². The van der Waals surface area contributed by atoms with Crippen molar-refractivity contribution < 1.29 is 47.9 Å². The van der Waals surface area contributed by atoms with Gasteiger partial charge >= 0.3 is 0 Å². The molecule has 4 aliphatic rings. The Hall–Kier alpha value is -15.3. The summed E-state index contributed by atoms with van der Waals surface area (Å²) in [5.74, 6) is 6.47. The highest BCUT2D eigenvalue weighted by molar-refractivity contribution is 5.88. The maximum absolute atomic E-state index is 12.3. The Morgan fingerprint density at radius 2 is 0.674 bits per heavy atom. The minimum absolute atomic E-state index is 0.0382. The van der Waals surface area contributed by atoms with Crippen molar-refractivity contribution >= 4 is 101 Å². The zero-order chi connectivity index (χ0) is 100. The molecule has 144 heavy (non-hydrogen) atoms. The Labute approximate surface area is 839 Å². The number of rotatable bonds is 35. The lowest BCUT2D eigenvalue weighted by Crippen LogP contribution is -2.40. The van der Waals surface area contributed by atoms with Crippen LogP contribution in [-0.2, 0) is 44.4 Å². The van der Waals surface area contributed by atoms with Gasteiger partial charge in [-0.2, -0.15) is 20.4 Å². The molecular weight excluding hydrogens is 1820 g/mol. The second-order valence-electron chi connectivity index (χ2n) is 36.7. The van der Waals surface area contributed by atoms with Gasteiger partial charge in [0.25, 0.3) is 0 Å². The second-order valence-corrected chi connectivity index (χ2v) is 36.7. The molecule has 20 rings (SSSR count). The van der Waals surface area contributed by atoms with Crippen LogP contribution in [0.25, 0.3) is 89.2 Å². The van der Waals surface area contributed by atoms with Crippen LogP contribution >= 0.6 is 0 Å². The normalized spacial score (nSPS) is 14.1. The van der Waals surface area contributed by atoms with Crippen LogP contribution in [0.1, 0.15) is 83.1 Å². The number of methoxy groups -OCH3 is 7. The summed E-state index contributed by atoms with van der Waals surface area (Å²) in [4.78, 5) is 80.6. The van der Waals surface area contributed by atoms with Gasteiger partial charge in [0, 0.05) is 247 Å². The zero-order valence-corrected chi connectivity index (χ0v) is 84.3. The van der Waals surface area contributed by atoms with Gasteiger partial charge < -0.3 is 72.6 Å². The van der Waals surface area contributed by atoms with Crippen LogP contribution in [0.2, 0.25) is 0 Å². The number of ketones is 1. The molecule has 748 valence electrons. The molecule has 0 bridgehead atoms. The molecule has 4 fully saturated rings. The van der Waals surface area contributed by atoms with Gasteiger partial charge in [-0.05, 0) is 181 Å². The lowest BCUT2D eigenvalue weighted by molar-refractivity contribution is -0.127. The van der Waals surface area contributed by atoms with Gasteiger partial charge in [0.15, 0.2) is 0 Å². The zero-order valence-electron chi connectivity index (χ0n) is 84.3. The summed E-state index contributed by atoms with van der Waals surface area (Å²) in [6, 6.07) is 48.2. The summed E-state index contributed by atoms with van der Waals surface area (Å²) in [7, 11) is 19.2. The summed E-state index contributed by atoms with van der Waals surface area (Å²) >= 11 is 0. The lowest BCUT2D eigenvalue weighted by Gasteiger charge is -2.34. The predicted octanol–water partition coefficient (Wildman–Crippen LogP) is 17.5. The number of piperidine rings is 2. The molecule has 4 aliphatic heterocycles. The number of aliphatic hydroxyl groups is 1. The van der Waals surface area contributed by atoms with E-state index in [0.717, 1.165) is 242 Å². The molecule has 1 N–H and O–H groups in total. The number of benzene rings is 8. The highest BCUT2D eigenvalue weighted by atomic mass is 16.5. The molecule has 0 radical (unpaired) electrons. The van der Waals surface area contributed by atoms with E-state index in [-0.39, 0.29) is 12.5 Å². The van der Waals surface area contributed by atoms with Crippen LogP contribution in [0.15, 0.2) is 220 Å². The second kappa shape index (κ2) is 47.5. The number of Topliss-reactive ketones (excluding diaryl/α,β-unsaturated/α-hetero) is 1. The number of ether oxygens (including phenoxy) is 7. The third-order valence-corrected chi connectivity index (χ3v) is 26.8. The number of aliphatic hydroxyl groups excluding tert-OH is 1. The Bertz CT molecular complexity index is 6990. The molecule has 1 amide bonds. The van der Waals surface area contributed by atoms with Crippen molar-refractivity contribution in [2.24, 2.45) is 34.1 Å². The van der Waals surface area contributed by atoms with Gasteiger partial charge in [0.1, 0.15) is 46.0 Å². The van der Waals surface area contributed by atoms with Crippen molar-refractivity contribution in [2.75, 3.05) is 168 Å². The summed E-state index contributed by atoms with van der Waals surface area (Å²) in [5.41, 5.74) is 22.1. The largest absolute Gasteiger partial charge is 0.497 e. The first-order valence-corrected chi connectivity index (χ1v) is 49.3. The van der Waals surface area contributed by atoms with E-state index in [0.29, 0.717) is 67.8 Å². The first kappa shape index (κ1) is 100. The number of aromatic nitrogens is 16. The van der Waals surface area contributed by atoms with E-state index in [4.69, 9.17) is 53.1 Å². The van der Waals surface area contributed by atoms with E-state index in [1.807, 2.05) is 173 Å². The average Bonchev–Trinajstić information content (AvgIpc) is 1.11. The highest BCUT2D eigenvalue weighted by Gasteiger charge is 2.28. The first-order valence-electron chi connectivity index (χ1n) is 49.3. The number of hydrogen-bond acceptors (Lipinski definition) is 29. The van der Waals surface area contributed by atoms with Crippen molar-refractivity contribution in [3.63, 3.8) is 0 Å². The standard InChI is InChI=1S/C30H38N6O2.C27H30N6O3.C27H32N6O2.C26H28N6O3/c1-5-6-22-9-11-35(12-10-22)13-14-36(25-15-26(37-3)18-27(16-25)38-4)24-7-8-28-29(17-24)33-30(20-31-28)23-19-32-34(2)21-23;1-31-17-19(15-29-31)27-16-28-25-7-6-20(13-26(25)30-27)33(10-9-32-8-4-5-22(34)18-32)21-11-23(35-2)14-24(12-21)36-3;1-31-18-21(16-29-31)27-17-28-25-7-6-22(15-26(25)30-27)33(11-5-10-32-8-3-4-9-32)23-12-20(19-34)13-24(14-23)35-2;1-30-17-18(15-28-30)25-16-27-23-7-6-19(13-24(23)29-25)32(10-9-31-8-4-5-26(31)33)20-11-21(34-2)14-22(12-20)35-3/h7-8,15-22H,5-6,9-14H2,1-4H3;6-7,11-17H,4-5,8-10,18H2,1-3H3;6-7,12-18,34H,3-5,8-11,19H2,1-2H3;6-7,11-17H,4-5,8-10H2,1-3H3. The molecular formula is C110H128N24O10. The van der Waals surface area contributed by atoms with E-state index < -0.39 is 0 Å². The Morgan fingerprint density at radius 1 is 0.340 bits per heavy atom. The minimum atomic E-state index is -0.0382. The minimum Gasteiger partial charge on any atom is -0.497 e. The molecule has 0 atom stereocenters. The van der Waals surface area contributed by atoms with E-state index in [1.165, 1.54) is 51.6 Å².